The van der Waals surface area contributed by atoms with Crippen LogP contribution in [0.2, 0.25) is 0 Å². The molecule has 7 atom stereocenters. The lowest BCUT2D eigenvalue weighted by molar-refractivity contribution is 0.107. The zero-order valence-electron chi connectivity index (χ0n) is 24.2. The molecular weight excluding hydrogens is 592 g/mol. The van der Waals surface area contributed by atoms with Gasteiger partial charge in [-0.2, -0.15) is 9.97 Å². The number of aliphatic hydroxyl groups excluding tert-OH is 1. The van der Waals surface area contributed by atoms with E-state index in [1.807, 2.05) is 0 Å². The zero-order valence-corrected chi connectivity index (χ0v) is 24.2. The Morgan fingerprint density at radius 2 is 2.02 bits per heavy atom. The third-order valence-corrected chi connectivity index (χ3v) is 11.5. The van der Waals surface area contributed by atoms with E-state index >= 15 is 8.78 Å². The first-order chi connectivity index (χ1) is 21.8. The van der Waals surface area contributed by atoms with E-state index in [2.05, 4.69) is 25.1 Å². The van der Waals surface area contributed by atoms with Crippen molar-refractivity contribution < 1.29 is 32.1 Å². The summed E-state index contributed by atoms with van der Waals surface area (Å²) in [5, 5.41) is 14.7. The molecule has 13 heteroatoms. The number of nitrogens with one attached hydrogen (secondary N) is 1. The Balaban J connectivity index is 1.18. The Morgan fingerprint density at radius 3 is 2.87 bits per heavy atom. The van der Waals surface area contributed by atoms with Gasteiger partial charge < -0.3 is 24.8 Å². The SMILES string of the molecule is O[C@H]1C=c2ccc(F)c(F)c2=C(c2nc3c4c(nc(OC[C@]56CCCN5C[C@@H](F)C6)nc4c2F)N2CC4C[C@H]5C(N4)[C@@]52CO3)C1. The number of benzene rings is 1. The average Bonchev–Trinajstić information content (AvgIpc) is 3.26. The van der Waals surface area contributed by atoms with Crippen LogP contribution in [0.1, 0.15) is 37.8 Å². The third-order valence-electron chi connectivity index (χ3n) is 11.5. The minimum atomic E-state index is -1.14. The van der Waals surface area contributed by atoms with E-state index < -0.39 is 35.3 Å². The number of anilines is 1. The van der Waals surface area contributed by atoms with Crippen LogP contribution in [0.3, 0.4) is 0 Å². The van der Waals surface area contributed by atoms with Crippen LogP contribution in [0.4, 0.5) is 23.4 Å². The highest BCUT2D eigenvalue weighted by atomic mass is 19.2. The van der Waals surface area contributed by atoms with E-state index in [0.717, 1.165) is 31.9 Å². The molecule has 8 aliphatic rings. The number of fused-ring (bicyclic) bond motifs is 2. The molecule has 2 unspecified atom stereocenters. The van der Waals surface area contributed by atoms with Crippen LogP contribution in [0, 0.1) is 23.4 Å². The topological polar surface area (TPSA) is 95.9 Å². The van der Waals surface area contributed by atoms with E-state index in [4.69, 9.17) is 14.5 Å². The number of hydrogen-bond acceptors (Lipinski definition) is 9. The van der Waals surface area contributed by atoms with Crippen molar-refractivity contribution in [3.8, 4) is 11.9 Å². The second kappa shape index (κ2) is 8.83. The van der Waals surface area contributed by atoms with Crippen LogP contribution in [0.15, 0.2) is 12.1 Å². The highest BCUT2D eigenvalue weighted by molar-refractivity contribution is 5.97. The Hall–Kier alpha value is -3.55. The van der Waals surface area contributed by atoms with Gasteiger partial charge in [0, 0.05) is 49.2 Å². The largest absolute Gasteiger partial charge is 0.474 e. The number of piperidine rings is 2. The maximum Gasteiger partial charge on any atom is 0.319 e. The van der Waals surface area contributed by atoms with Gasteiger partial charge in [0.2, 0.25) is 5.88 Å². The second-order valence-corrected chi connectivity index (χ2v) is 13.8. The fourth-order valence-corrected chi connectivity index (χ4v) is 9.48. The smallest absolute Gasteiger partial charge is 0.319 e. The summed E-state index contributed by atoms with van der Waals surface area (Å²) in [7, 11) is 0. The number of halogens is 4. The molecule has 0 radical (unpaired) electrons. The Kier molecular flexibility index (Phi) is 5.23. The number of piperazine rings is 1. The molecule has 1 aromatic carbocycles. The summed E-state index contributed by atoms with van der Waals surface area (Å²) < 4.78 is 73.7. The van der Waals surface area contributed by atoms with Gasteiger partial charge in [-0.05, 0) is 48.7 Å². The molecular formula is C32H30F4N6O3. The maximum absolute atomic E-state index is 16.9. The highest BCUT2D eigenvalue weighted by Gasteiger charge is 2.76. The molecule has 9 nitrogen and oxygen atoms in total. The molecule has 6 fully saturated rings. The van der Waals surface area contributed by atoms with Crippen molar-refractivity contribution in [2.75, 3.05) is 37.7 Å². The van der Waals surface area contributed by atoms with Crippen LogP contribution in [-0.4, -0.2) is 93.2 Å². The lowest BCUT2D eigenvalue weighted by Gasteiger charge is -2.42. The summed E-state index contributed by atoms with van der Waals surface area (Å²) in [5.74, 6) is -2.19. The summed E-state index contributed by atoms with van der Waals surface area (Å²) in [4.78, 5) is 18.3. The zero-order chi connectivity index (χ0) is 30.4. The number of aliphatic hydroxyl groups is 1. The first-order valence-electron chi connectivity index (χ1n) is 15.7. The van der Waals surface area contributed by atoms with Gasteiger partial charge in [0.25, 0.3) is 0 Å². The van der Waals surface area contributed by atoms with Crippen molar-refractivity contribution >= 4 is 28.4 Å². The summed E-state index contributed by atoms with van der Waals surface area (Å²) in [6, 6.07) is 2.74. The Bertz CT molecular complexity index is 1950. The van der Waals surface area contributed by atoms with Gasteiger partial charge in [-0.25, -0.2) is 22.5 Å². The predicted molar refractivity (Wildman–Crippen MR) is 153 cm³/mol. The van der Waals surface area contributed by atoms with Crippen molar-refractivity contribution in [2.24, 2.45) is 5.92 Å². The van der Waals surface area contributed by atoms with Gasteiger partial charge in [0.15, 0.2) is 17.5 Å². The molecule has 5 saturated heterocycles. The number of ether oxygens (including phenoxy) is 2. The molecule has 2 aliphatic carbocycles. The normalized spacial score (nSPS) is 35.4. The van der Waals surface area contributed by atoms with Gasteiger partial charge in [0.05, 0.1) is 17.2 Å². The lowest BCUT2D eigenvalue weighted by atomic mass is 9.93. The molecule has 11 rings (SSSR count). The molecule has 2 N–H and O–H groups in total. The number of pyridine rings is 1. The fourth-order valence-electron chi connectivity index (χ4n) is 9.48. The van der Waals surface area contributed by atoms with Gasteiger partial charge in [-0.3, -0.25) is 4.90 Å². The molecule has 3 aromatic rings. The number of hydrogen-bond donors (Lipinski definition) is 2. The summed E-state index contributed by atoms with van der Waals surface area (Å²) in [6.45, 7) is 2.25. The molecule has 2 aromatic heterocycles. The highest BCUT2D eigenvalue weighted by Crippen LogP contribution is 2.61. The maximum atomic E-state index is 16.9. The van der Waals surface area contributed by atoms with Crippen molar-refractivity contribution in [1.29, 1.82) is 0 Å². The van der Waals surface area contributed by atoms with Gasteiger partial charge >= 0.3 is 6.01 Å². The van der Waals surface area contributed by atoms with E-state index in [0.29, 0.717) is 36.6 Å². The molecule has 1 spiro atoms. The van der Waals surface area contributed by atoms with Crippen LogP contribution in [-0.2, 0) is 0 Å². The quantitative estimate of drug-likeness (QED) is 0.420. The lowest BCUT2D eigenvalue weighted by Crippen LogP contribution is -2.60. The molecule has 1 saturated carbocycles. The van der Waals surface area contributed by atoms with E-state index in [9.17, 15) is 13.9 Å². The van der Waals surface area contributed by atoms with Crippen molar-refractivity contribution in [3.63, 3.8) is 0 Å². The number of rotatable bonds is 4. The second-order valence-electron chi connectivity index (χ2n) is 13.8. The summed E-state index contributed by atoms with van der Waals surface area (Å²) >= 11 is 0. The predicted octanol–water partition coefficient (Wildman–Crippen LogP) is 1.45. The van der Waals surface area contributed by atoms with E-state index in [1.54, 1.807) is 0 Å². The van der Waals surface area contributed by atoms with Crippen molar-refractivity contribution in [2.45, 2.75) is 67.5 Å². The van der Waals surface area contributed by atoms with Crippen LogP contribution in [0.5, 0.6) is 11.9 Å². The van der Waals surface area contributed by atoms with Crippen molar-refractivity contribution in [3.05, 3.63) is 45.7 Å². The molecule has 0 amide bonds. The van der Waals surface area contributed by atoms with Crippen LogP contribution < -0.4 is 30.1 Å². The number of nitrogens with zero attached hydrogens (tertiary/aromatic N) is 5. The van der Waals surface area contributed by atoms with E-state index in [-0.39, 0.29) is 76.4 Å². The average molecular weight is 623 g/mol. The Morgan fingerprint density at radius 1 is 1.13 bits per heavy atom. The molecule has 45 heavy (non-hydrogen) atoms. The fraction of sp³-hybridized carbons (Fsp3) is 0.531. The van der Waals surface area contributed by atoms with E-state index in [1.165, 1.54) is 12.1 Å². The monoisotopic (exact) mass is 622 g/mol. The molecule has 6 aliphatic heterocycles. The first-order valence-corrected chi connectivity index (χ1v) is 15.7. The molecule has 4 bridgehead atoms. The summed E-state index contributed by atoms with van der Waals surface area (Å²) in [6.07, 6.45) is 2.33. The first kappa shape index (κ1) is 26.6. The Labute approximate surface area is 254 Å². The van der Waals surface area contributed by atoms with Crippen LogP contribution >= 0.6 is 0 Å². The van der Waals surface area contributed by atoms with Gasteiger partial charge in [-0.15, -0.1) is 0 Å². The molecule has 8 heterocycles. The number of alkyl halides is 1. The van der Waals surface area contributed by atoms with Crippen molar-refractivity contribution in [1.82, 2.24) is 25.2 Å². The molecule has 234 valence electrons. The minimum Gasteiger partial charge on any atom is -0.474 e. The summed E-state index contributed by atoms with van der Waals surface area (Å²) in [5.41, 5.74) is -1.20. The van der Waals surface area contributed by atoms with Crippen LogP contribution in [0.25, 0.3) is 22.6 Å². The minimum absolute atomic E-state index is 0.0210. The van der Waals surface area contributed by atoms with Gasteiger partial charge in [0.1, 0.15) is 41.8 Å². The standard InChI is InChI=1S/C32H30F4N6O3/c33-15-9-31(4-1-5-41(31)10-15)12-45-30-39-26-22-28(40-30)42-11-16-7-19-27(37-16)32(19,42)13-44-29(22)38-25(24(26)36)18-8-17(43)6-14-2-3-20(34)23(35)21(14)18/h2-3,6,15-17,19,27,37,43H,1,4-5,7-13H2/t15-,16?,17-,19-,27?,31+,32+/m0/s1. The third kappa shape index (κ3) is 3.46. The number of aromatic nitrogens is 3. The van der Waals surface area contributed by atoms with Gasteiger partial charge in [-0.1, -0.05) is 6.07 Å².